The fraction of sp³-hybridized carbons (Fsp3) is 0.722. The largest absolute Gasteiger partial charge is 0.481 e. The third-order valence-electron chi connectivity index (χ3n) is 4.47. The van der Waals surface area contributed by atoms with Crippen molar-refractivity contribution in [3.63, 3.8) is 0 Å². The summed E-state index contributed by atoms with van der Waals surface area (Å²) >= 11 is 0. The zero-order chi connectivity index (χ0) is 22.7. The Labute approximate surface area is 169 Å². The molecule has 166 valence electrons. The number of aliphatic carboxylic acids is 2. The summed E-state index contributed by atoms with van der Waals surface area (Å²) in [7, 11) is 0. The standard InChI is InChI=1S/C18H32N4O7/c1-5-10(4)15(18(28)29)22-17(27)14(9(2)3)21-12(23)8-20-16(26)11(19)6-7-13(24)25/h9-11,14-15H,5-8,19H2,1-4H3,(H,20,26)(H,21,23)(H,22,27)(H,24,25)(H,28,29). The minimum atomic E-state index is -1.16. The molecule has 29 heavy (non-hydrogen) atoms. The van der Waals surface area contributed by atoms with E-state index in [0.29, 0.717) is 6.42 Å². The van der Waals surface area contributed by atoms with Crippen LogP contribution in [0.4, 0.5) is 0 Å². The maximum Gasteiger partial charge on any atom is 0.326 e. The van der Waals surface area contributed by atoms with Crippen LogP contribution in [0, 0.1) is 11.8 Å². The van der Waals surface area contributed by atoms with Gasteiger partial charge in [-0.15, -0.1) is 0 Å². The van der Waals surface area contributed by atoms with Gasteiger partial charge in [0.2, 0.25) is 17.7 Å². The molecule has 7 N–H and O–H groups in total. The highest BCUT2D eigenvalue weighted by molar-refractivity contribution is 5.92. The molecule has 0 spiro atoms. The summed E-state index contributed by atoms with van der Waals surface area (Å²) in [6.07, 6.45) is 0.188. The molecule has 4 unspecified atom stereocenters. The second-order valence-electron chi connectivity index (χ2n) is 7.26. The number of carbonyl (C=O) groups is 5. The van der Waals surface area contributed by atoms with E-state index in [1.165, 1.54) is 0 Å². The predicted molar refractivity (Wildman–Crippen MR) is 104 cm³/mol. The van der Waals surface area contributed by atoms with Crippen LogP contribution in [0.15, 0.2) is 0 Å². The van der Waals surface area contributed by atoms with E-state index in [9.17, 15) is 29.1 Å². The number of carboxylic acid groups (broad SMARTS) is 2. The van der Waals surface area contributed by atoms with E-state index >= 15 is 0 Å². The summed E-state index contributed by atoms with van der Waals surface area (Å²) in [5.41, 5.74) is 5.55. The van der Waals surface area contributed by atoms with E-state index in [2.05, 4.69) is 16.0 Å². The van der Waals surface area contributed by atoms with Gasteiger partial charge in [0.15, 0.2) is 0 Å². The molecule has 11 nitrogen and oxygen atoms in total. The Morgan fingerprint density at radius 1 is 0.931 bits per heavy atom. The maximum absolute atomic E-state index is 12.5. The zero-order valence-electron chi connectivity index (χ0n) is 17.2. The maximum atomic E-state index is 12.5. The van der Waals surface area contributed by atoms with E-state index in [1.54, 1.807) is 27.7 Å². The van der Waals surface area contributed by atoms with Crippen LogP contribution in [0.25, 0.3) is 0 Å². The van der Waals surface area contributed by atoms with Crippen LogP contribution < -0.4 is 21.7 Å². The van der Waals surface area contributed by atoms with Crippen molar-refractivity contribution in [3.05, 3.63) is 0 Å². The number of carbonyl (C=O) groups excluding carboxylic acids is 3. The van der Waals surface area contributed by atoms with Crippen molar-refractivity contribution < 1.29 is 34.2 Å². The molecule has 0 aromatic heterocycles. The van der Waals surface area contributed by atoms with Crippen molar-refractivity contribution in [3.8, 4) is 0 Å². The van der Waals surface area contributed by atoms with Crippen LogP contribution in [-0.4, -0.2) is 64.5 Å². The molecule has 3 amide bonds. The number of nitrogens with two attached hydrogens (primary N) is 1. The Bertz CT molecular complexity index is 609. The third kappa shape index (κ3) is 9.88. The van der Waals surface area contributed by atoms with Gasteiger partial charge in [0.25, 0.3) is 0 Å². The minimum absolute atomic E-state index is 0.0774. The normalized spacial score (nSPS) is 15.0. The van der Waals surface area contributed by atoms with Gasteiger partial charge in [-0.05, 0) is 18.3 Å². The summed E-state index contributed by atoms with van der Waals surface area (Å²) < 4.78 is 0. The van der Waals surface area contributed by atoms with Gasteiger partial charge < -0.3 is 31.9 Å². The average molecular weight is 416 g/mol. The first kappa shape index (κ1) is 26.3. The average Bonchev–Trinajstić information content (AvgIpc) is 2.64. The molecule has 0 saturated carbocycles. The van der Waals surface area contributed by atoms with E-state index in [0.717, 1.165) is 0 Å². The third-order valence-corrected chi connectivity index (χ3v) is 4.47. The van der Waals surface area contributed by atoms with Crippen molar-refractivity contribution in [2.24, 2.45) is 17.6 Å². The smallest absolute Gasteiger partial charge is 0.326 e. The summed E-state index contributed by atoms with van der Waals surface area (Å²) in [4.78, 5) is 58.3. The van der Waals surface area contributed by atoms with E-state index < -0.39 is 54.3 Å². The second kappa shape index (κ2) is 12.7. The van der Waals surface area contributed by atoms with Gasteiger partial charge in [0.1, 0.15) is 12.1 Å². The molecule has 0 aliphatic rings. The van der Waals surface area contributed by atoms with Gasteiger partial charge in [0.05, 0.1) is 12.6 Å². The molecule has 0 saturated heterocycles. The van der Waals surface area contributed by atoms with Gasteiger partial charge in [-0.25, -0.2) is 4.79 Å². The summed E-state index contributed by atoms with van der Waals surface area (Å²) in [5.74, 6) is -4.86. The van der Waals surface area contributed by atoms with Crippen molar-refractivity contribution in [1.29, 1.82) is 0 Å². The molecule has 4 atom stereocenters. The van der Waals surface area contributed by atoms with E-state index in [-0.39, 0.29) is 24.7 Å². The molecular formula is C18H32N4O7. The van der Waals surface area contributed by atoms with Crippen LogP contribution in [0.3, 0.4) is 0 Å². The van der Waals surface area contributed by atoms with Gasteiger partial charge >= 0.3 is 11.9 Å². The van der Waals surface area contributed by atoms with Crippen molar-refractivity contribution in [2.75, 3.05) is 6.54 Å². The van der Waals surface area contributed by atoms with Gasteiger partial charge in [-0.2, -0.15) is 0 Å². The predicted octanol–water partition coefficient (Wildman–Crippen LogP) is -0.949. The molecular weight excluding hydrogens is 384 g/mol. The Kier molecular flexibility index (Phi) is 11.5. The van der Waals surface area contributed by atoms with E-state index in [1.807, 2.05) is 0 Å². The molecule has 0 radical (unpaired) electrons. The molecule has 0 aliphatic carbocycles. The lowest BCUT2D eigenvalue weighted by Crippen LogP contribution is -2.56. The molecule has 0 aromatic carbocycles. The minimum Gasteiger partial charge on any atom is -0.481 e. The molecule has 0 aliphatic heterocycles. The molecule has 0 rings (SSSR count). The number of hydrogen-bond donors (Lipinski definition) is 6. The monoisotopic (exact) mass is 416 g/mol. The fourth-order valence-electron chi connectivity index (χ4n) is 2.39. The highest BCUT2D eigenvalue weighted by Crippen LogP contribution is 2.10. The second-order valence-corrected chi connectivity index (χ2v) is 7.26. The van der Waals surface area contributed by atoms with Crippen LogP contribution >= 0.6 is 0 Å². The zero-order valence-corrected chi connectivity index (χ0v) is 17.2. The van der Waals surface area contributed by atoms with Gasteiger partial charge in [-0.3, -0.25) is 19.2 Å². The summed E-state index contributed by atoms with van der Waals surface area (Å²) in [5, 5.41) is 25.1. The van der Waals surface area contributed by atoms with Crippen molar-refractivity contribution >= 4 is 29.7 Å². The molecule has 0 heterocycles. The fourth-order valence-corrected chi connectivity index (χ4v) is 2.39. The van der Waals surface area contributed by atoms with Crippen LogP contribution in [-0.2, 0) is 24.0 Å². The first-order chi connectivity index (χ1) is 13.4. The molecule has 0 aromatic rings. The van der Waals surface area contributed by atoms with Gasteiger partial charge in [0, 0.05) is 6.42 Å². The van der Waals surface area contributed by atoms with Gasteiger partial charge in [-0.1, -0.05) is 34.1 Å². The number of nitrogens with one attached hydrogen (secondary N) is 3. The highest BCUT2D eigenvalue weighted by Gasteiger charge is 2.31. The molecule has 0 bridgehead atoms. The van der Waals surface area contributed by atoms with Crippen molar-refractivity contribution in [2.45, 2.75) is 65.1 Å². The topological polar surface area (TPSA) is 188 Å². The Morgan fingerprint density at radius 2 is 1.52 bits per heavy atom. The number of amides is 3. The SMILES string of the molecule is CCC(C)C(NC(=O)C(NC(=O)CNC(=O)C(N)CCC(=O)O)C(C)C)C(=O)O. The number of rotatable bonds is 13. The van der Waals surface area contributed by atoms with E-state index in [4.69, 9.17) is 10.8 Å². The lowest BCUT2D eigenvalue weighted by molar-refractivity contribution is -0.144. The molecule has 11 heteroatoms. The van der Waals surface area contributed by atoms with Crippen molar-refractivity contribution in [1.82, 2.24) is 16.0 Å². The Hall–Kier alpha value is -2.69. The Morgan fingerprint density at radius 3 is 1.97 bits per heavy atom. The first-order valence-electron chi connectivity index (χ1n) is 9.48. The van der Waals surface area contributed by atoms with Crippen LogP contribution in [0.5, 0.6) is 0 Å². The summed E-state index contributed by atoms with van der Waals surface area (Å²) in [6, 6.07) is -3.15. The quantitative estimate of drug-likeness (QED) is 0.221. The van der Waals surface area contributed by atoms with Crippen LogP contribution in [0.2, 0.25) is 0 Å². The first-order valence-corrected chi connectivity index (χ1v) is 9.48. The number of hydrogen-bond acceptors (Lipinski definition) is 6. The lowest BCUT2D eigenvalue weighted by Gasteiger charge is -2.26. The highest BCUT2D eigenvalue weighted by atomic mass is 16.4. The number of carboxylic acids is 2. The lowest BCUT2D eigenvalue weighted by atomic mass is 9.97. The summed E-state index contributed by atoms with van der Waals surface area (Å²) in [6.45, 7) is 6.42. The Balaban J connectivity index is 4.80. The molecule has 0 fully saturated rings. The van der Waals surface area contributed by atoms with Crippen LogP contribution in [0.1, 0.15) is 47.0 Å².